The molecule has 3 nitrogen and oxygen atoms in total. The molecule has 5 heteroatoms. The second-order valence-electron chi connectivity index (χ2n) is 5.15. The summed E-state index contributed by atoms with van der Waals surface area (Å²) in [7, 11) is 0. The molecule has 23 heavy (non-hydrogen) atoms. The second-order valence-corrected chi connectivity index (χ2v) is 6.17. The van der Waals surface area contributed by atoms with Crippen LogP contribution in [-0.4, -0.2) is 24.1 Å². The maximum atomic E-state index is 12.8. The van der Waals surface area contributed by atoms with Gasteiger partial charge in [-0.15, -0.1) is 11.8 Å². The topological polar surface area (TPSA) is 43.4 Å². The number of benzene rings is 2. The van der Waals surface area contributed by atoms with Crippen molar-refractivity contribution in [3.05, 3.63) is 65.0 Å². The summed E-state index contributed by atoms with van der Waals surface area (Å²) in [5.74, 6) is -1.08. The second kappa shape index (κ2) is 7.92. The molecule has 120 valence electrons. The fraction of sp³-hybridized carbons (Fsp3) is 0.222. The Morgan fingerprint density at radius 1 is 1.09 bits per heavy atom. The fourth-order valence-electron chi connectivity index (χ4n) is 1.91. The van der Waals surface area contributed by atoms with Gasteiger partial charge < -0.3 is 4.74 Å². The molecule has 0 unspecified atom stereocenters. The van der Waals surface area contributed by atoms with Crippen molar-refractivity contribution >= 4 is 23.5 Å². The molecule has 2 rings (SSSR count). The molecule has 2 aromatic rings. The van der Waals surface area contributed by atoms with E-state index in [0.717, 1.165) is 16.0 Å². The number of thioether (sulfide) groups is 1. The maximum Gasteiger partial charge on any atom is 0.316 e. The molecule has 0 aliphatic rings. The number of Topliss-reactive ketones (excluding diaryl/α,β-unsaturated/α-hetero) is 1. The van der Waals surface area contributed by atoms with Gasteiger partial charge in [0.2, 0.25) is 0 Å². The fourth-order valence-corrected chi connectivity index (χ4v) is 2.83. The van der Waals surface area contributed by atoms with Crippen molar-refractivity contribution in [2.45, 2.75) is 18.7 Å². The van der Waals surface area contributed by atoms with Gasteiger partial charge in [-0.05, 0) is 49.7 Å². The van der Waals surface area contributed by atoms with Crippen molar-refractivity contribution in [2.24, 2.45) is 0 Å². The van der Waals surface area contributed by atoms with Gasteiger partial charge in [-0.3, -0.25) is 9.59 Å². The predicted molar refractivity (Wildman–Crippen MR) is 88.3 cm³/mol. The van der Waals surface area contributed by atoms with E-state index in [2.05, 4.69) is 0 Å². The van der Waals surface area contributed by atoms with Crippen LogP contribution >= 0.6 is 11.8 Å². The molecule has 0 saturated carbocycles. The molecule has 0 bridgehead atoms. The number of rotatable bonds is 6. The lowest BCUT2D eigenvalue weighted by Gasteiger charge is -2.07. The third-order valence-electron chi connectivity index (χ3n) is 3.22. The number of hydrogen-bond donors (Lipinski definition) is 0. The summed E-state index contributed by atoms with van der Waals surface area (Å²) in [6.07, 6.45) is 0. The highest BCUT2D eigenvalue weighted by Gasteiger charge is 2.11. The molecule has 0 spiro atoms. The van der Waals surface area contributed by atoms with Gasteiger partial charge in [-0.1, -0.05) is 17.7 Å². The van der Waals surface area contributed by atoms with E-state index in [0.29, 0.717) is 5.56 Å². The minimum absolute atomic E-state index is 0.140. The van der Waals surface area contributed by atoms with Crippen LogP contribution in [0.25, 0.3) is 0 Å². The number of carbonyl (C=O) groups is 2. The number of ether oxygens (including phenoxy) is 1. The maximum absolute atomic E-state index is 12.8. The van der Waals surface area contributed by atoms with Gasteiger partial charge in [0, 0.05) is 10.5 Å². The van der Waals surface area contributed by atoms with Crippen LogP contribution in [0.3, 0.4) is 0 Å². The smallest absolute Gasteiger partial charge is 0.316 e. The molecular formula is C18H17FO3S. The summed E-state index contributed by atoms with van der Waals surface area (Å²) >= 11 is 1.38. The summed E-state index contributed by atoms with van der Waals surface area (Å²) < 4.78 is 17.8. The van der Waals surface area contributed by atoms with E-state index in [1.54, 1.807) is 0 Å². The summed E-state index contributed by atoms with van der Waals surface area (Å²) in [5, 5.41) is 0. The van der Waals surface area contributed by atoms with Crippen molar-refractivity contribution in [3.63, 3.8) is 0 Å². The van der Waals surface area contributed by atoms with Crippen LogP contribution in [0.1, 0.15) is 21.5 Å². The number of halogens is 1. The molecule has 0 saturated heterocycles. The minimum atomic E-state index is -0.452. The van der Waals surface area contributed by atoms with Crippen LogP contribution in [0, 0.1) is 19.7 Å². The van der Waals surface area contributed by atoms with Crippen LogP contribution < -0.4 is 0 Å². The van der Waals surface area contributed by atoms with Crippen molar-refractivity contribution in [3.8, 4) is 0 Å². The number of carbonyl (C=O) groups excluding carboxylic acids is 2. The highest BCUT2D eigenvalue weighted by Crippen LogP contribution is 2.23. The summed E-state index contributed by atoms with van der Waals surface area (Å²) in [6.45, 7) is 3.63. The van der Waals surface area contributed by atoms with Gasteiger partial charge in [-0.2, -0.15) is 0 Å². The van der Waals surface area contributed by atoms with Crippen molar-refractivity contribution in [1.29, 1.82) is 0 Å². The molecule has 0 radical (unpaired) electrons. The highest BCUT2D eigenvalue weighted by molar-refractivity contribution is 8.00. The van der Waals surface area contributed by atoms with Crippen molar-refractivity contribution in [1.82, 2.24) is 0 Å². The molecule has 0 fully saturated rings. The number of ketones is 1. The standard InChI is InChI=1S/C18H17FO3S/c1-12-3-4-13(2)17(9-12)23-11-18(21)22-10-16(20)14-5-7-15(19)8-6-14/h3-9H,10-11H2,1-2H3. The SMILES string of the molecule is Cc1ccc(C)c(SCC(=O)OCC(=O)c2ccc(F)cc2)c1. The molecule has 0 atom stereocenters. The Kier molecular flexibility index (Phi) is 5.93. The third kappa shape index (κ3) is 5.21. The lowest BCUT2D eigenvalue weighted by Crippen LogP contribution is -2.15. The molecule has 0 aliphatic heterocycles. The van der Waals surface area contributed by atoms with Crippen molar-refractivity contribution < 1.29 is 18.7 Å². The van der Waals surface area contributed by atoms with Crippen molar-refractivity contribution in [2.75, 3.05) is 12.4 Å². The number of aryl methyl sites for hydroxylation is 2. The Labute approximate surface area is 138 Å². The Morgan fingerprint density at radius 3 is 2.48 bits per heavy atom. The van der Waals surface area contributed by atoms with E-state index in [1.807, 2.05) is 32.0 Å². The number of hydrogen-bond acceptors (Lipinski definition) is 4. The van der Waals surface area contributed by atoms with E-state index in [1.165, 1.54) is 36.0 Å². The Morgan fingerprint density at radius 2 is 1.78 bits per heavy atom. The Balaban J connectivity index is 1.82. The lowest BCUT2D eigenvalue weighted by atomic mass is 10.1. The van der Waals surface area contributed by atoms with E-state index < -0.39 is 11.8 Å². The summed E-state index contributed by atoms with van der Waals surface area (Å²) in [6, 6.07) is 11.2. The average molecular weight is 332 g/mol. The molecule has 0 aliphatic carbocycles. The largest absolute Gasteiger partial charge is 0.457 e. The van der Waals surface area contributed by atoms with E-state index in [4.69, 9.17) is 4.74 Å². The van der Waals surface area contributed by atoms with E-state index >= 15 is 0 Å². The first-order chi connectivity index (χ1) is 11.0. The third-order valence-corrected chi connectivity index (χ3v) is 4.35. The Bertz CT molecular complexity index is 711. The van der Waals surface area contributed by atoms with Gasteiger partial charge in [0.25, 0.3) is 0 Å². The quantitative estimate of drug-likeness (QED) is 0.456. The van der Waals surface area contributed by atoms with Gasteiger partial charge in [0.05, 0.1) is 5.75 Å². The number of esters is 1. The van der Waals surface area contributed by atoms with Gasteiger partial charge in [-0.25, -0.2) is 4.39 Å². The molecular weight excluding hydrogens is 315 g/mol. The minimum Gasteiger partial charge on any atom is -0.457 e. The van der Waals surface area contributed by atoms with Crippen LogP contribution in [0.2, 0.25) is 0 Å². The summed E-state index contributed by atoms with van der Waals surface area (Å²) in [5.41, 5.74) is 2.54. The molecule has 2 aromatic carbocycles. The monoisotopic (exact) mass is 332 g/mol. The van der Waals surface area contributed by atoms with Gasteiger partial charge in [0.15, 0.2) is 12.4 Å². The zero-order valence-electron chi connectivity index (χ0n) is 13.0. The van der Waals surface area contributed by atoms with E-state index in [9.17, 15) is 14.0 Å². The summed E-state index contributed by atoms with van der Waals surface area (Å²) in [4.78, 5) is 24.6. The first-order valence-corrected chi connectivity index (χ1v) is 8.08. The van der Waals surface area contributed by atoms with E-state index in [-0.39, 0.29) is 18.1 Å². The zero-order valence-corrected chi connectivity index (χ0v) is 13.8. The van der Waals surface area contributed by atoms with Crippen LogP contribution in [0.4, 0.5) is 4.39 Å². The molecule has 0 heterocycles. The predicted octanol–water partition coefficient (Wildman–Crippen LogP) is 3.96. The lowest BCUT2D eigenvalue weighted by molar-refractivity contribution is -0.139. The van der Waals surface area contributed by atoms with Crippen LogP contribution in [0.15, 0.2) is 47.4 Å². The van der Waals surface area contributed by atoms with Gasteiger partial charge in [0.1, 0.15) is 5.82 Å². The zero-order chi connectivity index (χ0) is 16.8. The van der Waals surface area contributed by atoms with Gasteiger partial charge >= 0.3 is 5.97 Å². The molecule has 0 amide bonds. The first kappa shape index (κ1) is 17.2. The van der Waals surface area contributed by atoms with Crippen LogP contribution in [0.5, 0.6) is 0 Å². The Hall–Kier alpha value is -2.14. The highest BCUT2D eigenvalue weighted by atomic mass is 32.2. The first-order valence-electron chi connectivity index (χ1n) is 7.10. The molecule has 0 N–H and O–H groups in total. The van der Waals surface area contributed by atoms with Crippen LogP contribution in [-0.2, 0) is 9.53 Å². The normalized spacial score (nSPS) is 10.4. The average Bonchev–Trinajstić information content (AvgIpc) is 2.54. The molecule has 0 aromatic heterocycles.